The number of hydrogen-bond donors (Lipinski definition) is 0. The molecule has 3 heteroatoms. The molecule has 1 aromatic heterocycles. The fourth-order valence-electron chi connectivity index (χ4n) is 0.734. The third-order valence-electron chi connectivity index (χ3n) is 1.24. The Balaban J connectivity index is 2.72. The summed E-state index contributed by atoms with van der Waals surface area (Å²) in [7, 11) is 0. The molecule has 62 valence electrons. The Morgan fingerprint density at radius 1 is 1.58 bits per heavy atom. The van der Waals surface area contributed by atoms with Gasteiger partial charge in [0.2, 0.25) is 0 Å². The molecule has 1 heterocycles. The molecule has 1 rings (SSSR count). The van der Waals surface area contributed by atoms with E-state index in [-0.39, 0.29) is 0 Å². The summed E-state index contributed by atoms with van der Waals surface area (Å²) in [6.45, 7) is 3.92. The molecule has 0 radical (unpaired) electrons. The Morgan fingerprint density at radius 2 is 2.42 bits per heavy atom. The van der Waals surface area contributed by atoms with Gasteiger partial charge < -0.3 is 4.74 Å². The first-order valence-corrected chi connectivity index (χ1v) is 3.50. The lowest BCUT2D eigenvalue weighted by molar-refractivity contribution is 0.112. The first kappa shape index (κ1) is 8.46. The highest BCUT2D eigenvalue weighted by Gasteiger charge is 1.94. The van der Waals surface area contributed by atoms with Crippen LogP contribution in [0.15, 0.2) is 31.1 Å². The van der Waals surface area contributed by atoms with Crippen molar-refractivity contribution in [1.82, 2.24) is 4.98 Å². The van der Waals surface area contributed by atoms with Gasteiger partial charge in [-0.2, -0.15) is 0 Å². The topological polar surface area (TPSA) is 39.2 Å². The first-order chi connectivity index (χ1) is 5.86. The van der Waals surface area contributed by atoms with E-state index < -0.39 is 0 Å². The van der Waals surface area contributed by atoms with E-state index in [1.54, 1.807) is 18.3 Å². The van der Waals surface area contributed by atoms with Gasteiger partial charge in [-0.15, -0.1) is 0 Å². The molecule has 0 N–H and O–H groups in total. The number of hydrogen-bond acceptors (Lipinski definition) is 3. The number of carbonyl (C=O) groups is 1. The quantitative estimate of drug-likeness (QED) is 0.498. The summed E-state index contributed by atoms with van der Waals surface area (Å²) < 4.78 is 5.16. The third kappa shape index (κ3) is 2.20. The molecule has 0 aliphatic rings. The maximum atomic E-state index is 10.3. The second-order valence-electron chi connectivity index (χ2n) is 2.17. The maximum Gasteiger partial charge on any atom is 0.151 e. The van der Waals surface area contributed by atoms with E-state index in [9.17, 15) is 4.79 Å². The SMILES string of the molecule is C=CCOc1cncc(C=O)c1. The molecule has 3 nitrogen and oxygen atoms in total. The van der Waals surface area contributed by atoms with Crippen molar-refractivity contribution in [2.75, 3.05) is 6.61 Å². The summed E-state index contributed by atoms with van der Waals surface area (Å²) >= 11 is 0. The molecular weight excluding hydrogens is 154 g/mol. The highest BCUT2D eigenvalue weighted by atomic mass is 16.5. The van der Waals surface area contributed by atoms with E-state index in [1.807, 2.05) is 0 Å². The van der Waals surface area contributed by atoms with Crippen molar-refractivity contribution < 1.29 is 9.53 Å². The van der Waals surface area contributed by atoms with Crippen molar-refractivity contribution >= 4 is 6.29 Å². The molecule has 0 bridgehead atoms. The molecule has 0 saturated carbocycles. The van der Waals surface area contributed by atoms with Crippen LogP contribution in [0.4, 0.5) is 0 Å². The highest BCUT2D eigenvalue weighted by Crippen LogP contribution is 2.09. The lowest BCUT2D eigenvalue weighted by Gasteiger charge is -2.01. The Bertz CT molecular complexity index is 284. The van der Waals surface area contributed by atoms with Crippen molar-refractivity contribution in [3.8, 4) is 5.75 Å². The summed E-state index contributed by atoms with van der Waals surface area (Å²) in [6.07, 6.45) is 5.39. The van der Waals surface area contributed by atoms with Gasteiger partial charge in [-0.1, -0.05) is 12.7 Å². The number of nitrogens with zero attached hydrogens (tertiary/aromatic N) is 1. The maximum absolute atomic E-state index is 10.3. The molecule has 0 spiro atoms. The summed E-state index contributed by atoms with van der Waals surface area (Å²) in [5, 5.41) is 0. The fraction of sp³-hybridized carbons (Fsp3) is 0.111. The van der Waals surface area contributed by atoms with Crippen molar-refractivity contribution in [1.29, 1.82) is 0 Å². The van der Waals surface area contributed by atoms with Gasteiger partial charge in [-0.3, -0.25) is 9.78 Å². The second kappa shape index (κ2) is 4.28. The molecule has 0 fully saturated rings. The van der Waals surface area contributed by atoms with E-state index in [1.165, 1.54) is 6.20 Å². The molecular formula is C9H9NO2. The van der Waals surface area contributed by atoms with E-state index in [4.69, 9.17) is 4.74 Å². The van der Waals surface area contributed by atoms with Gasteiger partial charge >= 0.3 is 0 Å². The average Bonchev–Trinajstić information content (AvgIpc) is 2.15. The Hall–Kier alpha value is -1.64. The Labute approximate surface area is 70.7 Å². The lowest BCUT2D eigenvalue weighted by Crippen LogP contribution is -1.94. The molecule has 0 saturated heterocycles. The smallest absolute Gasteiger partial charge is 0.151 e. The van der Waals surface area contributed by atoms with E-state index >= 15 is 0 Å². The van der Waals surface area contributed by atoms with Crippen LogP contribution < -0.4 is 4.74 Å². The molecule has 0 aliphatic carbocycles. The summed E-state index contributed by atoms with van der Waals surface area (Å²) in [5.41, 5.74) is 0.511. The predicted molar refractivity (Wildman–Crippen MR) is 45.3 cm³/mol. The van der Waals surface area contributed by atoms with Crippen LogP contribution in [-0.2, 0) is 0 Å². The van der Waals surface area contributed by atoms with Crippen LogP contribution in [0.3, 0.4) is 0 Å². The van der Waals surface area contributed by atoms with Crippen molar-refractivity contribution in [2.24, 2.45) is 0 Å². The number of carbonyl (C=O) groups excluding carboxylic acids is 1. The number of ether oxygens (including phenoxy) is 1. The number of rotatable bonds is 4. The van der Waals surface area contributed by atoms with Crippen LogP contribution in [0.5, 0.6) is 5.75 Å². The van der Waals surface area contributed by atoms with E-state index in [0.717, 1.165) is 6.29 Å². The van der Waals surface area contributed by atoms with Crippen LogP contribution in [0.2, 0.25) is 0 Å². The molecule has 0 unspecified atom stereocenters. The zero-order valence-corrected chi connectivity index (χ0v) is 6.56. The summed E-state index contributed by atoms with van der Waals surface area (Å²) in [4.78, 5) is 14.1. The van der Waals surface area contributed by atoms with E-state index in [0.29, 0.717) is 17.9 Å². The first-order valence-electron chi connectivity index (χ1n) is 3.50. The van der Waals surface area contributed by atoms with Gasteiger partial charge in [-0.05, 0) is 6.07 Å². The Kier molecular flexibility index (Phi) is 3.02. The normalized spacial score (nSPS) is 9.00. The molecule has 1 aromatic rings. The van der Waals surface area contributed by atoms with Crippen LogP contribution in [0.25, 0.3) is 0 Å². The Morgan fingerprint density at radius 3 is 3.08 bits per heavy atom. The van der Waals surface area contributed by atoms with Gasteiger partial charge in [0.15, 0.2) is 6.29 Å². The molecule has 0 aromatic carbocycles. The van der Waals surface area contributed by atoms with Gasteiger partial charge in [-0.25, -0.2) is 0 Å². The summed E-state index contributed by atoms with van der Waals surface area (Å²) in [6, 6.07) is 1.63. The molecule has 0 aliphatic heterocycles. The van der Waals surface area contributed by atoms with Crippen LogP contribution in [-0.4, -0.2) is 17.9 Å². The van der Waals surface area contributed by atoms with Crippen molar-refractivity contribution in [2.45, 2.75) is 0 Å². The third-order valence-corrected chi connectivity index (χ3v) is 1.24. The van der Waals surface area contributed by atoms with Crippen LogP contribution in [0.1, 0.15) is 10.4 Å². The molecule has 0 atom stereocenters. The lowest BCUT2D eigenvalue weighted by atomic mass is 10.3. The molecule has 0 amide bonds. The predicted octanol–water partition coefficient (Wildman–Crippen LogP) is 1.46. The minimum atomic E-state index is 0.421. The number of pyridine rings is 1. The van der Waals surface area contributed by atoms with E-state index in [2.05, 4.69) is 11.6 Å². The van der Waals surface area contributed by atoms with Gasteiger partial charge in [0.25, 0.3) is 0 Å². The number of aromatic nitrogens is 1. The fourth-order valence-corrected chi connectivity index (χ4v) is 0.734. The minimum Gasteiger partial charge on any atom is -0.488 e. The van der Waals surface area contributed by atoms with Crippen molar-refractivity contribution in [3.63, 3.8) is 0 Å². The zero-order valence-electron chi connectivity index (χ0n) is 6.56. The van der Waals surface area contributed by atoms with Gasteiger partial charge in [0, 0.05) is 11.8 Å². The monoisotopic (exact) mass is 163 g/mol. The molecule has 12 heavy (non-hydrogen) atoms. The van der Waals surface area contributed by atoms with Crippen molar-refractivity contribution in [3.05, 3.63) is 36.7 Å². The second-order valence-corrected chi connectivity index (χ2v) is 2.17. The summed E-state index contributed by atoms with van der Waals surface area (Å²) in [5.74, 6) is 0.583. The van der Waals surface area contributed by atoms with Gasteiger partial charge in [0.05, 0.1) is 6.20 Å². The number of aldehydes is 1. The highest BCUT2D eigenvalue weighted by molar-refractivity contribution is 5.74. The van der Waals surface area contributed by atoms with Crippen LogP contribution in [0, 0.1) is 0 Å². The average molecular weight is 163 g/mol. The zero-order chi connectivity index (χ0) is 8.81. The van der Waals surface area contributed by atoms with Gasteiger partial charge in [0.1, 0.15) is 12.4 Å². The minimum absolute atomic E-state index is 0.421. The standard InChI is InChI=1S/C9H9NO2/c1-2-3-12-9-4-8(7-11)5-10-6-9/h2,4-7H,1,3H2. The van der Waals surface area contributed by atoms with Crippen LogP contribution >= 0.6 is 0 Å². The largest absolute Gasteiger partial charge is 0.488 e.